The molecule has 0 aromatic heterocycles. The van der Waals surface area contributed by atoms with Crippen LogP contribution in [-0.2, 0) is 27.7 Å². The molecule has 0 unspecified atom stereocenters. The number of nitrogens with one attached hydrogen (secondary N) is 1. The van der Waals surface area contributed by atoms with Gasteiger partial charge in [0.25, 0.3) is 0 Å². The summed E-state index contributed by atoms with van der Waals surface area (Å²) in [5, 5.41) is 3.70. The van der Waals surface area contributed by atoms with Crippen LogP contribution in [0.25, 0.3) is 0 Å². The van der Waals surface area contributed by atoms with Gasteiger partial charge in [0.15, 0.2) is 0 Å². The molecule has 1 amide bonds. The largest absolute Gasteiger partial charge is 0.356 e. The zero-order chi connectivity index (χ0) is 22.1. The monoisotopic (exact) mass is 462 g/mol. The number of hydrogen-bond donors (Lipinski definition) is 1. The van der Waals surface area contributed by atoms with Crippen LogP contribution in [0.1, 0.15) is 36.8 Å². The molecule has 1 aliphatic rings. The van der Waals surface area contributed by atoms with Gasteiger partial charge in [-0.15, -0.1) is 0 Å². The van der Waals surface area contributed by atoms with Gasteiger partial charge in [0.05, 0.1) is 11.7 Å². The van der Waals surface area contributed by atoms with Crippen molar-refractivity contribution in [2.45, 2.75) is 38.5 Å². The van der Waals surface area contributed by atoms with E-state index in [1.54, 1.807) is 0 Å². The van der Waals surface area contributed by atoms with Gasteiger partial charge in [-0.1, -0.05) is 54.1 Å². The summed E-state index contributed by atoms with van der Waals surface area (Å²) >= 11 is 5.90. The number of amides is 1. The van der Waals surface area contributed by atoms with Gasteiger partial charge in [-0.3, -0.25) is 4.79 Å². The van der Waals surface area contributed by atoms with Crippen LogP contribution in [-0.4, -0.2) is 44.0 Å². The minimum atomic E-state index is -3.34. The fourth-order valence-electron chi connectivity index (χ4n) is 3.94. The molecule has 2 aromatic carbocycles. The van der Waals surface area contributed by atoms with Crippen LogP contribution in [0.2, 0.25) is 5.02 Å². The number of carbonyl (C=O) groups excluding carboxylic acids is 1. The normalized spacial score (nSPS) is 17.4. The first kappa shape index (κ1) is 23.8. The molecule has 31 heavy (non-hydrogen) atoms. The fraction of sp³-hybridized carbons (Fsp3) is 0.458. The summed E-state index contributed by atoms with van der Waals surface area (Å²) in [5.74, 6) is -0.189. The van der Waals surface area contributed by atoms with E-state index in [-0.39, 0.29) is 24.1 Å². The Morgan fingerprint density at radius 2 is 1.68 bits per heavy atom. The van der Waals surface area contributed by atoms with Gasteiger partial charge in [-0.2, -0.15) is 0 Å². The molecule has 7 heteroatoms. The lowest BCUT2D eigenvalue weighted by atomic mass is 9.99. The Labute approximate surface area is 190 Å². The van der Waals surface area contributed by atoms with Crippen LogP contribution in [0.15, 0.2) is 54.6 Å². The molecule has 0 saturated carbocycles. The Morgan fingerprint density at radius 1 is 1.00 bits per heavy atom. The van der Waals surface area contributed by atoms with Crippen molar-refractivity contribution in [3.05, 3.63) is 70.7 Å². The predicted molar refractivity (Wildman–Crippen MR) is 126 cm³/mol. The fourth-order valence-corrected chi connectivity index (χ4v) is 5.65. The molecule has 0 aliphatic carbocycles. The van der Waals surface area contributed by atoms with Crippen molar-refractivity contribution < 1.29 is 13.2 Å². The summed E-state index contributed by atoms with van der Waals surface area (Å²) in [6.45, 7) is 1.38. The summed E-state index contributed by atoms with van der Waals surface area (Å²) in [7, 11) is -3.34. The van der Waals surface area contributed by atoms with Gasteiger partial charge in [0.2, 0.25) is 15.9 Å². The first-order chi connectivity index (χ1) is 14.9. The lowest BCUT2D eigenvalue weighted by Crippen LogP contribution is -2.46. The van der Waals surface area contributed by atoms with Crippen molar-refractivity contribution in [3.8, 4) is 0 Å². The highest BCUT2D eigenvalue weighted by Crippen LogP contribution is 2.20. The van der Waals surface area contributed by atoms with Crippen molar-refractivity contribution in [3.63, 3.8) is 0 Å². The molecular weight excluding hydrogens is 432 g/mol. The number of aryl methyl sites for hydroxylation is 2. The molecule has 0 spiro atoms. The summed E-state index contributed by atoms with van der Waals surface area (Å²) in [6, 6.07) is 17.6. The minimum Gasteiger partial charge on any atom is -0.356 e. The van der Waals surface area contributed by atoms with Gasteiger partial charge in [-0.25, -0.2) is 12.7 Å². The molecule has 0 radical (unpaired) electrons. The second kappa shape index (κ2) is 11.7. The van der Waals surface area contributed by atoms with Crippen LogP contribution >= 0.6 is 11.6 Å². The second-order valence-electron chi connectivity index (χ2n) is 8.12. The third-order valence-electron chi connectivity index (χ3n) is 5.71. The lowest BCUT2D eigenvalue weighted by molar-refractivity contribution is -0.126. The number of halogens is 1. The Hall–Kier alpha value is -1.89. The molecule has 1 fully saturated rings. The van der Waals surface area contributed by atoms with E-state index in [0.717, 1.165) is 37.7 Å². The Bertz CT molecular complexity index is 933. The zero-order valence-corrected chi connectivity index (χ0v) is 19.4. The van der Waals surface area contributed by atoms with Crippen molar-refractivity contribution in [2.24, 2.45) is 5.92 Å². The molecule has 3 rings (SSSR count). The number of rotatable bonds is 10. The van der Waals surface area contributed by atoms with Crippen LogP contribution < -0.4 is 5.32 Å². The molecule has 1 aliphatic heterocycles. The number of carbonyl (C=O) groups is 1. The average Bonchev–Trinajstić information content (AvgIpc) is 2.78. The molecule has 1 N–H and O–H groups in total. The molecule has 1 heterocycles. The molecule has 1 saturated heterocycles. The van der Waals surface area contributed by atoms with Crippen LogP contribution in [0, 0.1) is 5.92 Å². The van der Waals surface area contributed by atoms with Crippen LogP contribution in [0.5, 0.6) is 0 Å². The lowest BCUT2D eigenvalue weighted by Gasteiger charge is -2.31. The van der Waals surface area contributed by atoms with Gasteiger partial charge in [0, 0.05) is 24.7 Å². The summed E-state index contributed by atoms with van der Waals surface area (Å²) in [5.41, 5.74) is 2.33. The summed E-state index contributed by atoms with van der Waals surface area (Å²) < 4.78 is 27.1. The number of benzene rings is 2. The highest BCUT2D eigenvalue weighted by atomic mass is 35.5. The topological polar surface area (TPSA) is 66.5 Å². The van der Waals surface area contributed by atoms with E-state index in [1.165, 1.54) is 9.87 Å². The number of piperidine rings is 1. The van der Waals surface area contributed by atoms with Gasteiger partial charge in [-0.05, 0) is 61.8 Å². The first-order valence-electron chi connectivity index (χ1n) is 11.0. The zero-order valence-electron chi connectivity index (χ0n) is 17.8. The van der Waals surface area contributed by atoms with Crippen molar-refractivity contribution in [1.82, 2.24) is 9.62 Å². The predicted octanol–water partition coefficient (Wildman–Crippen LogP) is 4.06. The minimum absolute atomic E-state index is 0.0414. The first-order valence-corrected chi connectivity index (χ1v) is 13.0. The SMILES string of the molecule is O=C(NCCCc1ccc(Cl)cc1)[C@H]1CCCN(S(=O)(=O)CCCc2ccccc2)C1. The second-order valence-corrected chi connectivity index (χ2v) is 10.6. The van der Waals surface area contributed by atoms with Crippen molar-refractivity contribution >= 4 is 27.5 Å². The molecule has 1 atom stereocenters. The van der Waals surface area contributed by atoms with Crippen LogP contribution in [0.4, 0.5) is 0 Å². The third-order valence-corrected chi connectivity index (χ3v) is 7.89. The maximum atomic E-state index is 12.8. The molecule has 2 aromatic rings. The molecule has 0 bridgehead atoms. The Morgan fingerprint density at radius 3 is 2.42 bits per heavy atom. The van der Waals surface area contributed by atoms with E-state index in [2.05, 4.69) is 5.32 Å². The molecular formula is C24H31ClN2O3S. The van der Waals surface area contributed by atoms with Crippen molar-refractivity contribution in [2.75, 3.05) is 25.4 Å². The average molecular weight is 463 g/mol. The van der Waals surface area contributed by atoms with Gasteiger partial charge >= 0.3 is 0 Å². The van der Waals surface area contributed by atoms with E-state index < -0.39 is 10.0 Å². The molecule has 5 nitrogen and oxygen atoms in total. The Balaban J connectivity index is 1.40. The third kappa shape index (κ3) is 7.63. The van der Waals surface area contributed by atoms with Gasteiger partial charge < -0.3 is 5.32 Å². The maximum Gasteiger partial charge on any atom is 0.224 e. The van der Waals surface area contributed by atoms with Crippen LogP contribution in [0.3, 0.4) is 0 Å². The summed E-state index contributed by atoms with van der Waals surface area (Å²) in [4.78, 5) is 12.6. The number of nitrogens with zero attached hydrogens (tertiary/aromatic N) is 1. The van der Waals surface area contributed by atoms with E-state index in [1.807, 2.05) is 54.6 Å². The van der Waals surface area contributed by atoms with Gasteiger partial charge in [0.1, 0.15) is 0 Å². The van der Waals surface area contributed by atoms with E-state index in [0.29, 0.717) is 24.5 Å². The smallest absolute Gasteiger partial charge is 0.224 e. The van der Waals surface area contributed by atoms with E-state index in [9.17, 15) is 13.2 Å². The summed E-state index contributed by atoms with van der Waals surface area (Å²) in [6.07, 6.45) is 4.49. The maximum absolute atomic E-state index is 12.8. The van der Waals surface area contributed by atoms with Crippen molar-refractivity contribution in [1.29, 1.82) is 0 Å². The highest BCUT2D eigenvalue weighted by Gasteiger charge is 2.31. The standard InChI is InChI=1S/C24H31ClN2O3S/c25-23-14-12-21(13-15-23)9-4-16-26-24(28)22-11-5-17-27(19-22)31(29,30)18-6-10-20-7-2-1-3-8-20/h1-3,7-8,12-15,22H,4-6,9-11,16-19H2,(H,26,28)/t22-/m0/s1. The number of sulfonamides is 1. The number of hydrogen-bond acceptors (Lipinski definition) is 3. The molecule has 168 valence electrons. The van der Waals surface area contributed by atoms with E-state index in [4.69, 9.17) is 11.6 Å². The van der Waals surface area contributed by atoms with E-state index >= 15 is 0 Å². The highest BCUT2D eigenvalue weighted by molar-refractivity contribution is 7.89. The quantitative estimate of drug-likeness (QED) is 0.541. The Kier molecular flexibility index (Phi) is 8.93.